The lowest BCUT2D eigenvalue weighted by molar-refractivity contribution is -0.126. The molecule has 0 aromatic rings. The normalized spacial score (nSPS) is 22.1. The Hall–Kier alpha value is -1.77. The molecule has 1 N–H and O–H groups in total. The van der Waals surface area contributed by atoms with Crippen LogP contribution in [0.25, 0.3) is 0 Å². The number of nitrogens with zero attached hydrogens (tertiary/aromatic N) is 2. The first-order valence-corrected chi connectivity index (χ1v) is 7.16. The van der Waals surface area contributed by atoms with Gasteiger partial charge in [0.25, 0.3) is 0 Å². The maximum Gasteiger partial charge on any atom is 0.409 e. The molecular formula is C14H21N3O3. The van der Waals surface area contributed by atoms with Crippen molar-refractivity contribution in [2.75, 3.05) is 20.2 Å². The summed E-state index contributed by atoms with van der Waals surface area (Å²) >= 11 is 0. The van der Waals surface area contributed by atoms with Crippen molar-refractivity contribution in [1.29, 1.82) is 5.26 Å². The van der Waals surface area contributed by atoms with Gasteiger partial charge in [-0.2, -0.15) is 5.26 Å². The van der Waals surface area contributed by atoms with Crippen LogP contribution in [0.3, 0.4) is 0 Å². The summed E-state index contributed by atoms with van der Waals surface area (Å²) in [4.78, 5) is 25.2. The zero-order valence-corrected chi connectivity index (χ0v) is 11.9. The molecule has 6 heteroatoms. The molecule has 1 saturated heterocycles. The molecule has 1 aliphatic heterocycles. The molecule has 1 aliphatic carbocycles. The van der Waals surface area contributed by atoms with Gasteiger partial charge in [0.15, 0.2) is 0 Å². The maximum atomic E-state index is 12.2. The number of rotatable bonds is 2. The fourth-order valence-electron chi connectivity index (χ4n) is 2.99. The molecule has 0 unspecified atom stereocenters. The Bertz CT molecular complexity index is 416. The number of nitriles is 1. The Morgan fingerprint density at radius 1 is 1.30 bits per heavy atom. The van der Waals surface area contributed by atoms with Gasteiger partial charge in [0, 0.05) is 31.8 Å². The Balaban J connectivity index is 1.93. The summed E-state index contributed by atoms with van der Waals surface area (Å²) in [6.07, 6.45) is 4.55. The van der Waals surface area contributed by atoms with Gasteiger partial charge in [0.05, 0.1) is 13.2 Å². The molecule has 0 bridgehead atoms. The van der Waals surface area contributed by atoms with Gasteiger partial charge in [-0.25, -0.2) is 4.79 Å². The summed E-state index contributed by atoms with van der Waals surface area (Å²) in [7, 11) is 1.34. The van der Waals surface area contributed by atoms with E-state index >= 15 is 0 Å². The Morgan fingerprint density at radius 3 is 2.40 bits per heavy atom. The van der Waals surface area contributed by atoms with E-state index in [1.54, 1.807) is 4.90 Å². The van der Waals surface area contributed by atoms with E-state index in [0.717, 1.165) is 25.7 Å². The van der Waals surface area contributed by atoms with E-state index < -0.39 is 5.54 Å². The van der Waals surface area contributed by atoms with E-state index in [2.05, 4.69) is 16.1 Å². The molecule has 0 aromatic carbocycles. The lowest BCUT2D eigenvalue weighted by atomic mass is 9.88. The van der Waals surface area contributed by atoms with Gasteiger partial charge in [0.2, 0.25) is 5.91 Å². The molecule has 1 heterocycles. The molecule has 0 atom stereocenters. The van der Waals surface area contributed by atoms with Crippen molar-refractivity contribution in [2.45, 2.75) is 44.1 Å². The van der Waals surface area contributed by atoms with Crippen LogP contribution in [-0.4, -0.2) is 42.6 Å². The first kappa shape index (κ1) is 14.6. The van der Waals surface area contributed by atoms with Crippen LogP contribution in [0.1, 0.15) is 38.5 Å². The van der Waals surface area contributed by atoms with Gasteiger partial charge in [-0.15, -0.1) is 0 Å². The highest BCUT2D eigenvalue weighted by Gasteiger charge is 2.39. The van der Waals surface area contributed by atoms with Crippen LogP contribution in [-0.2, 0) is 9.53 Å². The highest BCUT2D eigenvalue weighted by molar-refractivity contribution is 5.80. The molecule has 2 rings (SSSR count). The highest BCUT2D eigenvalue weighted by Crippen LogP contribution is 2.28. The Labute approximate surface area is 119 Å². The summed E-state index contributed by atoms with van der Waals surface area (Å²) < 4.78 is 4.67. The summed E-state index contributed by atoms with van der Waals surface area (Å²) in [5.74, 6) is 0.0504. The van der Waals surface area contributed by atoms with Crippen LogP contribution >= 0.6 is 0 Å². The minimum atomic E-state index is -0.829. The van der Waals surface area contributed by atoms with Crippen LogP contribution in [0.5, 0.6) is 0 Å². The van der Waals surface area contributed by atoms with Crippen LogP contribution in [0.15, 0.2) is 0 Å². The minimum absolute atomic E-state index is 0.00410. The Morgan fingerprint density at radius 2 is 1.90 bits per heavy atom. The number of methoxy groups -OCH3 is 1. The predicted octanol–water partition coefficient (Wildman–Crippen LogP) is 1.42. The van der Waals surface area contributed by atoms with Gasteiger partial charge >= 0.3 is 6.09 Å². The predicted molar refractivity (Wildman–Crippen MR) is 71.7 cm³/mol. The number of nitrogens with one attached hydrogen (secondary N) is 1. The first-order chi connectivity index (χ1) is 9.60. The molecule has 110 valence electrons. The standard InChI is InChI=1S/C14H21N3O3/c1-20-13(19)17-8-6-14(10-15,7-9-17)16-12(18)11-4-2-3-5-11/h11H,2-9H2,1H3,(H,16,18). The third kappa shape index (κ3) is 3.03. The second-order valence-electron chi connectivity index (χ2n) is 5.62. The molecule has 2 fully saturated rings. The van der Waals surface area contributed by atoms with Crippen LogP contribution in [0.4, 0.5) is 4.79 Å². The molecule has 2 amide bonds. The molecule has 20 heavy (non-hydrogen) atoms. The number of hydrogen-bond acceptors (Lipinski definition) is 4. The van der Waals surface area contributed by atoms with Gasteiger partial charge < -0.3 is 15.0 Å². The molecule has 0 spiro atoms. The van der Waals surface area contributed by atoms with Crippen molar-refractivity contribution < 1.29 is 14.3 Å². The number of hydrogen-bond donors (Lipinski definition) is 1. The van der Waals surface area contributed by atoms with Crippen molar-refractivity contribution >= 4 is 12.0 Å². The second-order valence-corrected chi connectivity index (χ2v) is 5.62. The van der Waals surface area contributed by atoms with Crippen LogP contribution < -0.4 is 5.32 Å². The maximum absolute atomic E-state index is 12.2. The van der Waals surface area contributed by atoms with Crippen molar-refractivity contribution in [3.63, 3.8) is 0 Å². The monoisotopic (exact) mass is 279 g/mol. The van der Waals surface area contributed by atoms with Crippen molar-refractivity contribution in [2.24, 2.45) is 5.92 Å². The van der Waals surface area contributed by atoms with Gasteiger partial charge in [-0.3, -0.25) is 4.79 Å². The third-order valence-electron chi connectivity index (χ3n) is 4.35. The highest BCUT2D eigenvalue weighted by atomic mass is 16.5. The number of ether oxygens (including phenoxy) is 1. The second kappa shape index (κ2) is 6.12. The fraction of sp³-hybridized carbons (Fsp3) is 0.786. The van der Waals surface area contributed by atoms with Gasteiger partial charge in [-0.1, -0.05) is 12.8 Å². The van der Waals surface area contributed by atoms with Crippen LogP contribution in [0.2, 0.25) is 0 Å². The van der Waals surface area contributed by atoms with Gasteiger partial charge in [0.1, 0.15) is 5.54 Å². The summed E-state index contributed by atoms with van der Waals surface area (Å²) in [5.41, 5.74) is -0.829. The third-order valence-corrected chi connectivity index (χ3v) is 4.35. The average molecular weight is 279 g/mol. The molecule has 0 radical (unpaired) electrons. The number of piperidine rings is 1. The number of carbonyl (C=O) groups is 2. The average Bonchev–Trinajstić information content (AvgIpc) is 3.01. The van der Waals surface area contributed by atoms with Crippen molar-refractivity contribution in [3.8, 4) is 6.07 Å². The number of amides is 2. The van der Waals surface area contributed by atoms with Crippen molar-refractivity contribution in [1.82, 2.24) is 10.2 Å². The van der Waals surface area contributed by atoms with E-state index in [1.165, 1.54) is 7.11 Å². The zero-order valence-electron chi connectivity index (χ0n) is 11.9. The summed E-state index contributed by atoms with van der Waals surface area (Å²) in [6, 6.07) is 2.24. The number of carbonyl (C=O) groups excluding carboxylic acids is 2. The summed E-state index contributed by atoms with van der Waals surface area (Å²) in [5, 5.41) is 12.3. The first-order valence-electron chi connectivity index (χ1n) is 7.16. The lowest BCUT2D eigenvalue weighted by Crippen LogP contribution is -2.56. The quantitative estimate of drug-likeness (QED) is 0.828. The van der Waals surface area contributed by atoms with E-state index in [-0.39, 0.29) is 17.9 Å². The molecule has 2 aliphatic rings. The van der Waals surface area contributed by atoms with Crippen LogP contribution in [0, 0.1) is 17.2 Å². The topological polar surface area (TPSA) is 82.4 Å². The fourth-order valence-corrected chi connectivity index (χ4v) is 2.99. The zero-order chi connectivity index (χ0) is 14.6. The number of likely N-dealkylation sites (tertiary alicyclic amines) is 1. The minimum Gasteiger partial charge on any atom is -0.453 e. The van der Waals surface area contributed by atoms with Crippen molar-refractivity contribution in [3.05, 3.63) is 0 Å². The SMILES string of the molecule is COC(=O)N1CCC(C#N)(NC(=O)C2CCCC2)CC1. The summed E-state index contributed by atoms with van der Waals surface area (Å²) in [6.45, 7) is 0.871. The Kier molecular flexibility index (Phi) is 4.48. The molecule has 0 aromatic heterocycles. The van der Waals surface area contributed by atoms with E-state index in [0.29, 0.717) is 25.9 Å². The van der Waals surface area contributed by atoms with E-state index in [4.69, 9.17) is 0 Å². The molecule has 1 saturated carbocycles. The smallest absolute Gasteiger partial charge is 0.409 e. The van der Waals surface area contributed by atoms with Gasteiger partial charge in [-0.05, 0) is 12.8 Å². The lowest BCUT2D eigenvalue weighted by Gasteiger charge is -2.37. The molecule has 6 nitrogen and oxygen atoms in total. The van der Waals surface area contributed by atoms with E-state index in [1.807, 2.05) is 0 Å². The molecular weight excluding hydrogens is 258 g/mol. The van der Waals surface area contributed by atoms with E-state index in [9.17, 15) is 14.9 Å². The largest absolute Gasteiger partial charge is 0.453 e.